The molecule has 1 aromatic heterocycles. The van der Waals surface area contributed by atoms with Gasteiger partial charge >= 0.3 is 0 Å². The van der Waals surface area contributed by atoms with Gasteiger partial charge in [0.25, 0.3) is 0 Å². The molecule has 2 aliphatic carbocycles. The number of rotatable bonds is 8. The van der Waals surface area contributed by atoms with Crippen molar-refractivity contribution in [1.29, 1.82) is 0 Å². The maximum atomic E-state index is 15.5. The van der Waals surface area contributed by atoms with Gasteiger partial charge in [-0.25, -0.2) is 9.88 Å². The maximum Gasteiger partial charge on any atom is 0.246 e. The highest BCUT2D eigenvalue weighted by Gasteiger charge is 2.70. The third-order valence-electron chi connectivity index (χ3n) is 12.4. The quantitative estimate of drug-likeness (QED) is 0.122. The number of benzene rings is 5. The summed E-state index contributed by atoms with van der Waals surface area (Å²) in [4.78, 5) is 67.0. The predicted molar refractivity (Wildman–Crippen MR) is 217 cm³/mol. The van der Waals surface area contributed by atoms with E-state index in [0.29, 0.717) is 50.3 Å². The van der Waals surface area contributed by atoms with Crippen LogP contribution in [-0.2, 0) is 24.6 Å². The van der Waals surface area contributed by atoms with Crippen molar-refractivity contribution < 1.29 is 33.4 Å². The lowest BCUT2D eigenvalue weighted by Gasteiger charge is -2.51. The van der Waals surface area contributed by atoms with Crippen LogP contribution in [0.3, 0.4) is 0 Å². The summed E-state index contributed by atoms with van der Waals surface area (Å²) in [6.45, 7) is -0.226. The van der Waals surface area contributed by atoms with Crippen LogP contribution in [-0.4, -0.2) is 46.9 Å². The number of para-hydroxylation sites is 3. The van der Waals surface area contributed by atoms with Crippen molar-refractivity contribution in [2.45, 2.75) is 24.2 Å². The van der Waals surface area contributed by atoms with Crippen LogP contribution >= 0.6 is 11.6 Å². The van der Waals surface area contributed by atoms with Crippen molar-refractivity contribution in [3.8, 4) is 17.2 Å². The smallest absolute Gasteiger partial charge is 0.246 e. The summed E-state index contributed by atoms with van der Waals surface area (Å²) >= 11 is 6.45. The molecule has 1 N–H and O–H groups in total. The van der Waals surface area contributed by atoms with Gasteiger partial charge in [-0.15, -0.1) is 0 Å². The topological polar surface area (TPSA) is 130 Å². The largest absolute Gasteiger partial charge is 0.491 e. The maximum absolute atomic E-state index is 15.5. The lowest BCUT2D eigenvalue weighted by molar-refractivity contribution is -0.127. The number of aromatic nitrogens is 1. The number of oxazole rings is 1. The van der Waals surface area contributed by atoms with Gasteiger partial charge in [0.2, 0.25) is 29.5 Å². The number of ether oxygens (including phenoxy) is 1. The highest BCUT2D eigenvalue weighted by atomic mass is 35.5. The number of fused-ring (bicyclic) bond motifs is 5. The van der Waals surface area contributed by atoms with Gasteiger partial charge in [-0.05, 0) is 85.0 Å². The van der Waals surface area contributed by atoms with Crippen LogP contribution in [0.2, 0.25) is 5.02 Å². The summed E-state index contributed by atoms with van der Waals surface area (Å²) in [6.07, 6.45) is 2.44. The van der Waals surface area contributed by atoms with Crippen LogP contribution in [0, 0.1) is 23.7 Å². The van der Waals surface area contributed by atoms with Crippen molar-refractivity contribution in [3.05, 3.63) is 155 Å². The molecule has 5 aromatic carbocycles. The minimum absolute atomic E-state index is 0.00728. The Balaban J connectivity index is 1.10. The molecule has 0 unspecified atom stereocenters. The van der Waals surface area contributed by atoms with Gasteiger partial charge in [0.1, 0.15) is 17.9 Å². The number of aliphatic hydroxyl groups excluding tert-OH is 1. The first-order valence-corrected chi connectivity index (χ1v) is 19.7. The first kappa shape index (κ1) is 36.0. The van der Waals surface area contributed by atoms with Gasteiger partial charge in [-0.3, -0.25) is 24.1 Å². The number of carbonyl (C=O) groups is 4. The average molecular weight is 790 g/mol. The second-order valence-corrected chi connectivity index (χ2v) is 15.7. The predicted octanol–water partition coefficient (Wildman–Crippen LogP) is 7.89. The number of hydrogen-bond acceptors (Lipinski definition) is 8. The Morgan fingerprint density at radius 2 is 1.53 bits per heavy atom. The van der Waals surface area contributed by atoms with Gasteiger partial charge in [-0.2, -0.15) is 0 Å². The van der Waals surface area contributed by atoms with Crippen molar-refractivity contribution in [3.63, 3.8) is 0 Å². The number of hydrogen-bond donors (Lipinski definition) is 1. The molecule has 10 rings (SSSR count). The number of nitrogens with zero attached hydrogens (tertiary/aromatic N) is 3. The Hall–Kier alpha value is -6.36. The van der Waals surface area contributed by atoms with Gasteiger partial charge < -0.3 is 14.3 Å². The number of anilines is 2. The van der Waals surface area contributed by atoms with Gasteiger partial charge in [0, 0.05) is 22.1 Å². The zero-order chi connectivity index (χ0) is 39.7. The first-order chi connectivity index (χ1) is 28.3. The summed E-state index contributed by atoms with van der Waals surface area (Å²) in [5.41, 5.74) is 3.51. The fourth-order valence-corrected chi connectivity index (χ4v) is 10.3. The van der Waals surface area contributed by atoms with Crippen LogP contribution in [0.15, 0.2) is 143 Å². The zero-order valence-electron chi connectivity index (χ0n) is 31.0. The molecule has 4 aliphatic rings. The van der Waals surface area contributed by atoms with E-state index in [1.165, 1.54) is 9.80 Å². The number of carbonyl (C=O) groups excluding carboxylic acids is 4. The fraction of sp³-hybridized carbons (Fsp3) is 0.213. The van der Waals surface area contributed by atoms with E-state index in [2.05, 4.69) is 4.98 Å². The molecule has 0 bridgehead atoms. The first-order valence-electron chi connectivity index (χ1n) is 19.4. The average Bonchev–Trinajstić information content (AvgIpc) is 3.87. The summed E-state index contributed by atoms with van der Waals surface area (Å²) < 4.78 is 12.1. The second-order valence-electron chi connectivity index (χ2n) is 15.2. The normalized spacial score (nSPS) is 25.1. The Kier molecular flexibility index (Phi) is 8.65. The summed E-state index contributed by atoms with van der Waals surface area (Å²) in [7, 11) is 0. The summed E-state index contributed by atoms with van der Waals surface area (Å²) in [5, 5.41) is 10.2. The molecule has 10 nitrogen and oxygen atoms in total. The highest BCUT2D eigenvalue weighted by molar-refractivity contribution is 6.32. The Labute approximate surface area is 338 Å². The van der Waals surface area contributed by atoms with Crippen molar-refractivity contribution in [1.82, 2.24) is 4.98 Å². The fourth-order valence-electron chi connectivity index (χ4n) is 10.1. The summed E-state index contributed by atoms with van der Waals surface area (Å²) in [5.74, 6) is -4.30. The SMILES string of the molecule is O=C1[C@H]2[C@H](CC=C3[C@H]2C[C@H]2C(=O)N(c4cccc(Cl)c4)C(=O)[C@@]2(c2ccccc2)[C@H]3c2ccccc2OCCO)C(=O)N1c1ccc(-c2nc3ccccc3o2)cc1. The van der Waals surface area contributed by atoms with E-state index in [-0.39, 0.29) is 37.9 Å². The van der Waals surface area contributed by atoms with E-state index in [1.54, 1.807) is 54.6 Å². The highest BCUT2D eigenvalue weighted by Crippen LogP contribution is 2.65. The number of amides is 4. The van der Waals surface area contributed by atoms with E-state index >= 15 is 9.59 Å². The molecule has 6 aromatic rings. The van der Waals surface area contributed by atoms with E-state index in [4.69, 9.17) is 20.8 Å². The van der Waals surface area contributed by atoms with Gasteiger partial charge in [0.05, 0.1) is 41.2 Å². The molecule has 1 saturated carbocycles. The van der Waals surface area contributed by atoms with Crippen LogP contribution in [0.4, 0.5) is 11.4 Å². The molecule has 58 heavy (non-hydrogen) atoms. The lowest BCUT2D eigenvalue weighted by atomic mass is 9.49. The molecule has 2 saturated heterocycles. The van der Waals surface area contributed by atoms with Crippen LogP contribution < -0.4 is 14.5 Å². The monoisotopic (exact) mass is 789 g/mol. The molecule has 2 aliphatic heterocycles. The van der Waals surface area contributed by atoms with E-state index < -0.39 is 46.8 Å². The Bertz CT molecular complexity index is 2640. The van der Waals surface area contributed by atoms with E-state index in [1.807, 2.05) is 78.9 Å². The number of allylic oxidation sites excluding steroid dienone is 2. The second kappa shape index (κ2) is 13.9. The minimum atomic E-state index is -1.46. The molecule has 288 valence electrons. The van der Waals surface area contributed by atoms with Crippen LogP contribution in [0.25, 0.3) is 22.6 Å². The van der Waals surface area contributed by atoms with Crippen molar-refractivity contribution >= 4 is 57.7 Å². The standard InChI is InChI=1S/C47H36ClN3O7/c48-29-11-8-12-31(25-29)51-44(54)36-26-35-32(41(33-13-4-6-15-38(33)57-24-23-52)47(36,46(51)56)28-9-2-1-3-10-28)21-22-34-40(35)45(55)50(43(34)53)30-19-17-27(18-20-30)42-49-37-14-5-7-16-39(37)58-42/h1-21,25,34-36,40-41,52H,22-24,26H2/t34-,35+,36-,40-,41+,47+/m0/s1. The van der Waals surface area contributed by atoms with E-state index in [0.717, 1.165) is 11.1 Å². The van der Waals surface area contributed by atoms with Crippen molar-refractivity contribution in [2.75, 3.05) is 23.0 Å². The molecule has 3 fully saturated rings. The summed E-state index contributed by atoms with van der Waals surface area (Å²) in [6, 6.07) is 37.9. The molecule has 4 amide bonds. The molecule has 3 heterocycles. The molecule has 0 radical (unpaired) electrons. The lowest BCUT2D eigenvalue weighted by Crippen LogP contribution is -2.53. The number of imide groups is 2. The Morgan fingerprint density at radius 3 is 2.31 bits per heavy atom. The zero-order valence-corrected chi connectivity index (χ0v) is 31.8. The van der Waals surface area contributed by atoms with Crippen molar-refractivity contribution in [2.24, 2.45) is 23.7 Å². The molecule has 6 atom stereocenters. The third kappa shape index (κ3) is 5.32. The minimum Gasteiger partial charge on any atom is -0.491 e. The van der Waals surface area contributed by atoms with E-state index in [9.17, 15) is 14.7 Å². The van der Waals surface area contributed by atoms with Crippen LogP contribution in [0.5, 0.6) is 5.75 Å². The van der Waals surface area contributed by atoms with Gasteiger partial charge in [0.15, 0.2) is 5.58 Å². The molecular weight excluding hydrogens is 754 g/mol. The molecule has 11 heteroatoms. The Morgan fingerprint density at radius 1 is 0.776 bits per heavy atom. The number of aliphatic hydroxyl groups is 1. The third-order valence-corrected chi connectivity index (χ3v) is 12.6. The van der Waals surface area contributed by atoms with Gasteiger partial charge in [-0.1, -0.05) is 90.0 Å². The number of halogens is 1. The molecular formula is C47H36ClN3O7. The van der Waals surface area contributed by atoms with Crippen LogP contribution in [0.1, 0.15) is 29.9 Å². The molecule has 0 spiro atoms.